The highest BCUT2D eigenvalue weighted by molar-refractivity contribution is 5.62. The molecule has 7 heteroatoms. The highest BCUT2D eigenvalue weighted by Crippen LogP contribution is 2.35. The molecule has 110 valence electrons. The van der Waals surface area contributed by atoms with Gasteiger partial charge in [0.2, 0.25) is 0 Å². The molecular formula is C14H11F4N3. The zero-order valence-electron chi connectivity index (χ0n) is 10.8. The van der Waals surface area contributed by atoms with Gasteiger partial charge in [-0.05, 0) is 18.2 Å². The molecule has 2 rings (SSSR count). The van der Waals surface area contributed by atoms with Crippen LogP contribution in [0.3, 0.4) is 0 Å². The van der Waals surface area contributed by atoms with Crippen molar-refractivity contribution >= 4 is 5.69 Å². The van der Waals surface area contributed by atoms with Gasteiger partial charge in [0.25, 0.3) is 0 Å². The maximum atomic E-state index is 13.1. The fourth-order valence-electron chi connectivity index (χ4n) is 1.71. The van der Waals surface area contributed by atoms with Crippen LogP contribution in [0.25, 0.3) is 11.3 Å². The molecule has 0 unspecified atom stereocenters. The second kappa shape index (κ2) is 5.90. The Bertz CT molecular complexity index is 653. The lowest BCUT2D eigenvalue weighted by Gasteiger charge is -2.14. The Hall–Kier alpha value is -2.44. The first-order valence-corrected chi connectivity index (χ1v) is 5.95. The third-order valence-electron chi connectivity index (χ3n) is 2.60. The van der Waals surface area contributed by atoms with E-state index in [-0.39, 0.29) is 23.5 Å². The van der Waals surface area contributed by atoms with Crippen molar-refractivity contribution in [2.75, 3.05) is 11.9 Å². The van der Waals surface area contributed by atoms with Crippen LogP contribution in [0.2, 0.25) is 0 Å². The predicted molar refractivity (Wildman–Crippen MR) is 71.1 cm³/mol. The van der Waals surface area contributed by atoms with Gasteiger partial charge in [-0.25, -0.2) is 9.37 Å². The van der Waals surface area contributed by atoms with Gasteiger partial charge >= 0.3 is 6.18 Å². The van der Waals surface area contributed by atoms with E-state index in [2.05, 4.69) is 21.9 Å². The average molecular weight is 297 g/mol. The monoisotopic (exact) mass is 297 g/mol. The van der Waals surface area contributed by atoms with Crippen molar-refractivity contribution in [3.05, 3.63) is 54.8 Å². The van der Waals surface area contributed by atoms with Gasteiger partial charge in [-0.3, -0.25) is 4.98 Å². The molecule has 0 atom stereocenters. The first-order valence-electron chi connectivity index (χ1n) is 5.95. The van der Waals surface area contributed by atoms with Crippen LogP contribution in [-0.2, 0) is 6.18 Å². The van der Waals surface area contributed by atoms with E-state index in [1.807, 2.05) is 0 Å². The second-order valence-electron chi connectivity index (χ2n) is 4.15. The Morgan fingerprint density at radius 3 is 2.62 bits per heavy atom. The number of aromatic nitrogens is 2. The van der Waals surface area contributed by atoms with Crippen LogP contribution in [0, 0.1) is 5.82 Å². The normalized spacial score (nSPS) is 11.2. The van der Waals surface area contributed by atoms with Gasteiger partial charge in [0.1, 0.15) is 5.82 Å². The molecule has 3 nitrogen and oxygen atoms in total. The molecule has 0 fully saturated rings. The van der Waals surface area contributed by atoms with Gasteiger partial charge in [0.05, 0.1) is 17.6 Å². The summed E-state index contributed by atoms with van der Waals surface area (Å²) < 4.78 is 52.2. The van der Waals surface area contributed by atoms with Gasteiger partial charge < -0.3 is 5.32 Å². The third kappa shape index (κ3) is 3.56. The van der Waals surface area contributed by atoms with Crippen molar-refractivity contribution < 1.29 is 17.6 Å². The maximum absolute atomic E-state index is 13.1. The van der Waals surface area contributed by atoms with Gasteiger partial charge in [-0.2, -0.15) is 13.2 Å². The zero-order valence-corrected chi connectivity index (χ0v) is 10.8. The predicted octanol–water partition coefficient (Wildman–Crippen LogP) is 3.90. The molecule has 0 saturated heterocycles. The summed E-state index contributed by atoms with van der Waals surface area (Å²) in [5.41, 5.74) is -1.05. The first-order chi connectivity index (χ1) is 9.91. The summed E-state index contributed by atoms with van der Waals surface area (Å²) in [4.78, 5) is 7.18. The van der Waals surface area contributed by atoms with E-state index in [0.717, 1.165) is 12.3 Å². The minimum absolute atomic E-state index is 0.00141. The average Bonchev–Trinajstić information content (AvgIpc) is 2.44. The van der Waals surface area contributed by atoms with E-state index in [9.17, 15) is 17.6 Å². The highest BCUT2D eigenvalue weighted by atomic mass is 19.4. The summed E-state index contributed by atoms with van der Waals surface area (Å²) in [6, 6.07) is 3.70. The number of halogens is 4. The number of nitrogens with zero attached hydrogens (tertiary/aromatic N) is 2. The Kier molecular flexibility index (Phi) is 4.21. The molecule has 2 aromatic rings. The lowest BCUT2D eigenvalue weighted by molar-refractivity contribution is -0.140. The van der Waals surface area contributed by atoms with Crippen molar-refractivity contribution in [1.29, 1.82) is 0 Å². The van der Waals surface area contributed by atoms with Crippen LogP contribution < -0.4 is 5.32 Å². The van der Waals surface area contributed by atoms with Crippen molar-refractivity contribution in [3.63, 3.8) is 0 Å². The maximum Gasteiger partial charge on any atom is 0.435 e. The minimum atomic E-state index is -4.62. The molecule has 1 N–H and O–H groups in total. The SMILES string of the molecule is C=CCNc1ccc(-c2cncc(F)c2)nc1C(F)(F)F. The second-order valence-corrected chi connectivity index (χ2v) is 4.15. The van der Waals surface area contributed by atoms with Gasteiger partial charge in [-0.1, -0.05) is 6.08 Å². The Labute approximate surface area is 118 Å². The zero-order chi connectivity index (χ0) is 15.5. The van der Waals surface area contributed by atoms with Crippen molar-refractivity contribution in [3.8, 4) is 11.3 Å². The number of nitrogens with one attached hydrogen (secondary N) is 1. The van der Waals surface area contributed by atoms with E-state index in [1.165, 1.54) is 24.4 Å². The summed E-state index contributed by atoms with van der Waals surface area (Å²) >= 11 is 0. The van der Waals surface area contributed by atoms with E-state index < -0.39 is 17.7 Å². The molecule has 2 aromatic heterocycles. The van der Waals surface area contributed by atoms with Crippen LogP contribution in [-0.4, -0.2) is 16.5 Å². The number of alkyl halides is 3. The summed E-state index contributed by atoms with van der Waals surface area (Å²) in [7, 11) is 0. The molecule has 0 aliphatic carbocycles. The smallest absolute Gasteiger partial charge is 0.380 e. The molecular weight excluding hydrogens is 286 g/mol. The molecule has 0 spiro atoms. The number of hydrogen-bond acceptors (Lipinski definition) is 3. The van der Waals surface area contributed by atoms with Gasteiger partial charge in [-0.15, -0.1) is 6.58 Å². The van der Waals surface area contributed by atoms with Crippen molar-refractivity contribution in [1.82, 2.24) is 9.97 Å². The summed E-state index contributed by atoms with van der Waals surface area (Å²) in [5, 5.41) is 2.57. The van der Waals surface area contributed by atoms with Crippen molar-refractivity contribution in [2.24, 2.45) is 0 Å². The number of pyridine rings is 2. The minimum Gasteiger partial charge on any atom is -0.380 e. The lowest BCUT2D eigenvalue weighted by Crippen LogP contribution is -2.13. The Morgan fingerprint density at radius 2 is 2.00 bits per heavy atom. The standard InChI is InChI=1S/C14H11F4N3/c1-2-5-20-12-4-3-11(21-13(12)14(16,17)18)9-6-10(15)8-19-7-9/h2-4,6-8,20H,1,5H2. The molecule has 0 aromatic carbocycles. The summed E-state index contributed by atoms with van der Waals surface area (Å²) in [5.74, 6) is -0.642. The largest absolute Gasteiger partial charge is 0.435 e. The van der Waals surface area contributed by atoms with Crippen LogP contribution in [0.1, 0.15) is 5.69 Å². The van der Waals surface area contributed by atoms with Crippen LogP contribution in [0.15, 0.2) is 43.2 Å². The Morgan fingerprint density at radius 1 is 1.24 bits per heavy atom. The molecule has 21 heavy (non-hydrogen) atoms. The summed E-state index contributed by atoms with van der Waals surface area (Å²) in [6.07, 6.45) is -0.971. The molecule has 2 heterocycles. The lowest BCUT2D eigenvalue weighted by atomic mass is 10.1. The van der Waals surface area contributed by atoms with Gasteiger partial charge in [0, 0.05) is 18.3 Å². The topological polar surface area (TPSA) is 37.8 Å². The molecule has 0 bridgehead atoms. The molecule has 0 saturated carbocycles. The fourth-order valence-corrected chi connectivity index (χ4v) is 1.71. The fraction of sp³-hybridized carbons (Fsp3) is 0.143. The van der Waals surface area contributed by atoms with Gasteiger partial charge in [0.15, 0.2) is 5.69 Å². The van der Waals surface area contributed by atoms with Crippen LogP contribution in [0.4, 0.5) is 23.2 Å². The van der Waals surface area contributed by atoms with E-state index in [1.54, 1.807) is 0 Å². The molecule has 0 aliphatic heterocycles. The number of hydrogen-bond donors (Lipinski definition) is 1. The van der Waals surface area contributed by atoms with Crippen molar-refractivity contribution in [2.45, 2.75) is 6.18 Å². The quantitative estimate of drug-likeness (QED) is 0.687. The number of rotatable bonds is 4. The molecule has 0 amide bonds. The van der Waals surface area contributed by atoms with Crippen LogP contribution >= 0.6 is 0 Å². The Balaban J connectivity index is 2.48. The first kappa shape index (κ1) is 15.0. The molecule has 0 radical (unpaired) electrons. The van der Waals surface area contributed by atoms with Crippen LogP contribution in [0.5, 0.6) is 0 Å². The van der Waals surface area contributed by atoms with E-state index in [4.69, 9.17) is 0 Å². The van der Waals surface area contributed by atoms with E-state index in [0.29, 0.717) is 0 Å². The highest BCUT2D eigenvalue weighted by Gasteiger charge is 2.36. The third-order valence-corrected chi connectivity index (χ3v) is 2.60. The molecule has 0 aliphatic rings. The number of anilines is 1. The summed E-state index contributed by atoms with van der Waals surface area (Å²) in [6.45, 7) is 3.60. The van der Waals surface area contributed by atoms with E-state index >= 15 is 0 Å².